The third-order valence-corrected chi connectivity index (χ3v) is 3.95. The molecule has 0 N–H and O–H groups in total. The summed E-state index contributed by atoms with van der Waals surface area (Å²) in [5.74, 6) is 0. The van der Waals surface area contributed by atoms with Gasteiger partial charge in [0.25, 0.3) is 0 Å². The first-order valence-electron chi connectivity index (χ1n) is 4.41. The first-order valence-corrected chi connectivity index (χ1v) is 6.49. The fourth-order valence-corrected chi connectivity index (χ4v) is 3.12. The Bertz CT molecular complexity index is 511. The van der Waals surface area contributed by atoms with Crippen molar-refractivity contribution >= 4 is 34.7 Å². The van der Waals surface area contributed by atoms with E-state index in [1.807, 2.05) is 17.5 Å². The minimum Gasteiger partial charge on any atom is -0.229 e. The second kappa shape index (κ2) is 4.88. The number of halogens is 4. The molecule has 7 heteroatoms. The molecule has 2 heterocycles. The Morgan fingerprint density at radius 2 is 2.06 bits per heavy atom. The second-order valence-corrected chi connectivity index (χ2v) is 5.70. The zero-order chi connectivity index (χ0) is 12.5. The van der Waals surface area contributed by atoms with Crippen molar-refractivity contribution < 1.29 is 13.2 Å². The summed E-state index contributed by atoms with van der Waals surface area (Å²) in [5, 5.41) is 1.93. The average molecular weight is 296 g/mol. The number of alkyl halides is 3. The second-order valence-electron chi connectivity index (χ2n) is 3.05. The molecule has 2 aromatic rings. The average Bonchev–Trinajstić information content (AvgIpc) is 2.68. The Labute approximate surface area is 109 Å². The van der Waals surface area contributed by atoms with Crippen LogP contribution in [-0.2, 0) is 6.18 Å². The molecule has 0 aromatic carbocycles. The van der Waals surface area contributed by atoms with Crippen LogP contribution in [0.15, 0.2) is 38.9 Å². The maximum absolute atomic E-state index is 12.5. The lowest BCUT2D eigenvalue weighted by molar-refractivity contribution is -0.137. The molecule has 2 aromatic heterocycles. The summed E-state index contributed by atoms with van der Waals surface area (Å²) in [6, 6.07) is 5.45. The van der Waals surface area contributed by atoms with Gasteiger partial charge in [-0.15, -0.1) is 11.3 Å². The Morgan fingerprint density at radius 3 is 2.65 bits per heavy atom. The van der Waals surface area contributed by atoms with Gasteiger partial charge in [-0.05, 0) is 23.6 Å². The summed E-state index contributed by atoms with van der Waals surface area (Å²) in [4.78, 5) is 3.86. The molecule has 17 heavy (non-hydrogen) atoms. The fraction of sp³-hybridized carbons (Fsp3) is 0.100. The van der Waals surface area contributed by atoms with Gasteiger partial charge in [-0.2, -0.15) is 13.2 Å². The molecule has 1 nitrogen and oxygen atoms in total. The predicted molar refractivity (Wildman–Crippen MR) is 62.7 cm³/mol. The monoisotopic (exact) mass is 295 g/mol. The third-order valence-electron chi connectivity index (χ3n) is 1.80. The van der Waals surface area contributed by atoms with E-state index in [1.165, 1.54) is 11.3 Å². The van der Waals surface area contributed by atoms with Gasteiger partial charge in [0, 0.05) is 0 Å². The van der Waals surface area contributed by atoms with Crippen molar-refractivity contribution in [3.63, 3.8) is 0 Å². The topological polar surface area (TPSA) is 12.9 Å². The molecule has 2 rings (SSSR count). The van der Waals surface area contributed by atoms with Crippen LogP contribution in [0, 0.1) is 0 Å². The molecule has 0 fully saturated rings. The zero-order valence-corrected chi connectivity index (χ0v) is 10.6. The Kier molecular flexibility index (Phi) is 3.65. The normalized spacial score (nSPS) is 11.8. The van der Waals surface area contributed by atoms with Gasteiger partial charge in [0.1, 0.15) is 10.2 Å². The van der Waals surface area contributed by atoms with Crippen LogP contribution in [-0.4, -0.2) is 4.98 Å². The van der Waals surface area contributed by atoms with E-state index >= 15 is 0 Å². The van der Waals surface area contributed by atoms with Crippen LogP contribution in [0.1, 0.15) is 5.56 Å². The minimum atomic E-state index is -4.41. The highest BCUT2D eigenvalue weighted by Crippen LogP contribution is 2.36. The number of hydrogen-bond acceptors (Lipinski definition) is 3. The summed E-state index contributed by atoms with van der Waals surface area (Å²) < 4.78 is 38.5. The quantitative estimate of drug-likeness (QED) is 0.726. The highest BCUT2D eigenvalue weighted by molar-refractivity contribution is 8.01. The molecule has 0 amide bonds. The molecular formula is C10H5ClF3NS2. The number of nitrogens with zero attached hydrogens (tertiary/aromatic N) is 1. The van der Waals surface area contributed by atoms with Gasteiger partial charge in [-0.3, -0.25) is 0 Å². The molecule has 0 unspecified atom stereocenters. The SMILES string of the molecule is FC(F)(F)c1cc(Cl)nc(Sc2cccs2)c1. The van der Waals surface area contributed by atoms with E-state index in [9.17, 15) is 13.2 Å². The Balaban J connectivity index is 2.32. The smallest absolute Gasteiger partial charge is 0.229 e. The van der Waals surface area contributed by atoms with Gasteiger partial charge in [0.05, 0.1) is 9.77 Å². The van der Waals surface area contributed by atoms with Gasteiger partial charge in [-0.1, -0.05) is 29.4 Å². The van der Waals surface area contributed by atoms with E-state index in [-0.39, 0.29) is 10.2 Å². The molecule has 0 radical (unpaired) electrons. The van der Waals surface area contributed by atoms with Crippen molar-refractivity contribution in [2.45, 2.75) is 15.4 Å². The molecule has 90 valence electrons. The molecule has 0 bridgehead atoms. The number of thiophene rings is 1. The molecule has 0 saturated carbocycles. The largest absolute Gasteiger partial charge is 0.416 e. The molecule has 0 aliphatic carbocycles. The van der Waals surface area contributed by atoms with Crippen LogP contribution >= 0.6 is 34.7 Å². The van der Waals surface area contributed by atoms with E-state index in [1.54, 1.807) is 0 Å². The highest BCUT2D eigenvalue weighted by atomic mass is 35.5. The van der Waals surface area contributed by atoms with Gasteiger partial charge >= 0.3 is 6.18 Å². The maximum atomic E-state index is 12.5. The van der Waals surface area contributed by atoms with Gasteiger partial charge < -0.3 is 0 Å². The first-order chi connectivity index (χ1) is 7.95. The van der Waals surface area contributed by atoms with Crippen molar-refractivity contribution in [3.8, 4) is 0 Å². The molecule has 0 saturated heterocycles. The lowest BCUT2D eigenvalue weighted by atomic mass is 10.3. The standard InChI is InChI=1S/C10H5ClF3NS2/c11-7-4-6(10(12,13)14)5-8(15-7)17-9-2-1-3-16-9/h1-5H. The lowest BCUT2D eigenvalue weighted by Crippen LogP contribution is -2.05. The van der Waals surface area contributed by atoms with Gasteiger partial charge in [-0.25, -0.2) is 4.98 Å². The number of hydrogen-bond donors (Lipinski definition) is 0. The molecule has 0 atom stereocenters. The van der Waals surface area contributed by atoms with E-state index in [4.69, 9.17) is 11.6 Å². The van der Waals surface area contributed by atoms with Crippen molar-refractivity contribution in [1.29, 1.82) is 0 Å². The summed E-state index contributed by atoms with van der Waals surface area (Å²) in [6.07, 6.45) is -4.41. The van der Waals surface area contributed by atoms with E-state index in [0.717, 1.165) is 28.1 Å². The Hall–Kier alpha value is -0.720. The number of pyridine rings is 1. The van der Waals surface area contributed by atoms with E-state index in [2.05, 4.69) is 4.98 Å². The van der Waals surface area contributed by atoms with Gasteiger partial charge in [0.15, 0.2) is 0 Å². The summed E-state index contributed by atoms with van der Waals surface area (Å²) in [7, 11) is 0. The van der Waals surface area contributed by atoms with Crippen LogP contribution in [0.3, 0.4) is 0 Å². The van der Waals surface area contributed by atoms with Crippen molar-refractivity contribution in [1.82, 2.24) is 4.98 Å². The van der Waals surface area contributed by atoms with Crippen LogP contribution < -0.4 is 0 Å². The molecular weight excluding hydrogens is 291 g/mol. The van der Waals surface area contributed by atoms with E-state index < -0.39 is 11.7 Å². The predicted octanol–water partition coefficient (Wildman–Crippen LogP) is 4.97. The summed E-state index contributed by atoms with van der Waals surface area (Å²) >= 11 is 8.17. The fourth-order valence-electron chi connectivity index (χ4n) is 1.11. The van der Waals surface area contributed by atoms with Gasteiger partial charge in [0.2, 0.25) is 0 Å². The summed E-state index contributed by atoms with van der Waals surface area (Å²) in [6.45, 7) is 0. The third kappa shape index (κ3) is 3.37. The molecule has 0 aliphatic heterocycles. The van der Waals surface area contributed by atoms with Crippen LogP contribution in [0.5, 0.6) is 0 Å². The number of rotatable bonds is 2. The van der Waals surface area contributed by atoms with Crippen molar-refractivity contribution in [2.24, 2.45) is 0 Å². The minimum absolute atomic E-state index is 0.154. The maximum Gasteiger partial charge on any atom is 0.416 e. The highest BCUT2D eigenvalue weighted by Gasteiger charge is 2.31. The van der Waals surface area contributed by atoms with Crippen molar-refractivity contribution in [3.05, 3.63) is 40.4 Å². The van der Waals surface area contributed by atoms with E-state index in [0.29, 0.717) is 0 Å². The number of aromatic nitrogens is 1. The van der Waals surface area contributed by atoms with Crippen LogP contribution in [0.2, 0.25) is 5.15 Å². The first kappa shape index (κ1) is 12.7. The Morgan fingerprint density at radius 1 is 1.29 bits per heavy atom. The van der Waals surface area contributed by atoms with Crippen LogP contribution in [0.25, 0.3) is 0 Å². The lowest BCUT2D eigenvalue weighted by Gasteiger charge is -2.08. The van der Waals surface area contributed by atoms with Crippen molar-refractivity contribution in [2.75, 3.05) is 0 Å². The zero-order valence-electron chi connectivity index (χ0n) is 8.16. The molecule has 0 spiro atoms. The summed E-state index contributed by atoms with van der Waals surface area (Å²) in [5.41, 5.74) is -0.781. The molecule has 0 aliphatic rings. The van der Waals surface area contributed by atoms with Crippen LogP contribution in [0.4, 0.5) is 13.2 Å².